The van der Waals surface area contributed by atoms with Crippen LogP contribution in [0.5, 0.6) is 0 Å². The highest BCUT2D eigenvalue weighted by Gasteiger charge is 1.96. The quantitative estimate of drug-likeness (QED) is 0.666. The van der Waals surface area contributed by atoms with Crippen molar-refractivity contribution in [2.45, 2.75) is 13.3 Å². The molecular weight excluding hydrogens is 170 g/mol. The summed E-state index contributed by atoms with van der Waals surface area (Å²) < 4.78 is 0. The number of aryl methyl sites for hydroxylation is 1. The number of aliphatic imine (C=N–C) groups is 1. The molecule has 0 atom stereocenters. The van der Waals surface area contributed by atoms with Crippen molar-refractivity contribution < 1.29 is 0 Å². The van der Waals surface area contributed by atoms with E-state index in [2.05, 4.69) is 54.4 Å². The van der Waals surface area contributed by atoms with E-state index in [1.54, 1.807) is 0 Å². The van der Waals surface area contributed by atoms with Crippen molar-refractivity contribution in [1.82, 2.24) is 0 Å². The van der Waals surface area contributed by atoms with Crippen LogP contribution in [0.15, 0.2) is 47.6 Å². The molecule has 0 amide bonds. The lowest BCUT2D eigenvalue weighted by atomic mass is 10.1. The maximum Gasteiger partial charge on any atom is 0.0441 e. The van der Waals surface area contributed by atoms with Gasteiger partial charge in [-0.05, 0) is 24.1 Å². The Morgan fingerprint density at radius 2 is 2.07 bits per heavy atom. The lowest BCUT2D eigenvalue weighted by Gasteiger charge is -1.98. The van der Waals surface area contributed by atoms with Crippen LogP contribution in [0.25, 0.3) is 6.08 Å². The van der Waals surface area contributed by atoms with Gasteiger partial charge in [-0.2, -0.15) is 0 Å². The molecule has 1 heteroatoms. The number of rotatable bonds is 2. The Morgan fingerprint density at radius 3 is 2.79 bits per heavy atom. The zero-order chi connectivity index (χ0) is 9.80. The summed E-state index contributed by atoms with van der Waals surface area (Å²) in [6, 6.07) is 8.35. The van der Waals surface area contributed by atoms with Gasteiger partial charge in [0, 0.05) is 18.3 Å². The molecule has 0 spiro atoms. The van der Waals surface area contributed by atoms with Gasteiger partial charge in [-0.1, -0.05) is 36.4 Å². The Kier molecular flexibility index (Phi) is 2.59. The summed E-state index contributed by atoms with van der Waals surface area (Å²) in [7, 11) is 0. The first-order valence-electron chi connectivity index (χ1n) is 4.81. The van der Waals surface area contributed by atoms with Crippen molar-refractivity contribution in [2.75, 3.05) is 0 Å². The Bertz CT molecular complexity index is 411. The molecule has 1 aromatic rings. The van der Waals surface area contributed by atoms with Gasteiger partial charge in [-0.25, -0.2) is 0 Å². The van der Waals surface area contributed by atoms with Crippen LogP contribution in [0.1, 0.15) is 17.5 Å². The van der Waals surface area contributed by atoms with E-state index >= 15 is 0 Å². The van der Waals surface area contributed by atoms with Gasteiger partial charge >= 0.3 is 0 Å². The zero-order valence-corrected chi connectivity index (χ0v) is 8.27. The number of hydrogen-bond acceptors (Lipinski definition) is 1. The molecule has 1 aliphatic heterocycles. The van der Waals surface area contributed by atoms with Crippen molar-refractivity contribution >= 4 is 11.8 Å². The highest BCUT2D eigenvalue weighted by Crippen LogP contribution is 2.10. The normalized spacial score (nSPS) is 15.1. The average Bonchev–Trinajstić information content (AvgIpc) is 2.69. The van der Waals surface area contributed by atoms with Gasteiger partial charge in [0.15, 0.2) is 0 Å². The molecule has 0 bridgehead atoms. The second kappa shape index (κ2) is 4.05. The van der Waals surface area contributed by atoms with Gasteiger partial charge in [0.25, 0.3) is 0 Å². The zero-order valence-electron chi connectivity index (χ0n) is 8.27. The maximum absolute atomic E-state index is 4.23. The molecule has 0 saturated carbocycles. The molecule has 1 aromatic carbocycles. The standard InChI is InChI=1S/C13H13N/c1-11-5-2-3-6-12(11)8-9-13-7-4-10-14-13/h2-6,8-10H,7H2,1H3/b9-8+. The molecule has 0 N–H and O–H groups in total. The maximum atomic E-state index is 4.23. The van der Waals surface area contributed by atoms with Gasteiger partial charge in [0.2, 0.25) is 0 Å². The summed E-state index contributed by atoms with van der Waals surface area (Å²) in [6.45, 7) is 2.12. The Balaban J connectivity index is 2.14. The minimum absolute atomic E-state index is 0.961. The summed E-state index contributed by atoms with van der Waals surface area (Å²) in [5, 5.41) is 0. The molecule has 1 nitrogen and oxygen atoms in total. The lowest BCUT2D eigenvalue weighted by Crippen LogP contribution is -1.86. The Hall–Kier alpha value is -1.63. The first-order valence-corrected chi connectivity index (χ1v) is 4.81. The van der Waals surface area contributed by atoms with E-state index in [0.29, 0.717) is 0 Å². The molecule has 0 aliphatic carbocycles. The van der Waals surface area contributed by atoms with Gasteiger partial charge in [0.1, 0.15) is 0 Å². The highest BCUT2D eigenvalue weighted by molar-refractivity contribution is 6.00. The summed E-state index contributed by atoms with van der Waals surface area (Å²) in [4.78, 5) is 4.23. The molecule has 0 unspecified atom stereocenters. The van der Waals surface area contributed by atoms with Crippen LogP contribution >= 0.6 is 0 Å². The Labute approximate surface area is 84.5 Å². The third kappa shape index (κ3) is 1.99. The molecule has 0 radical (unpaired) electrons. The fraction of sp³-hybridized carbons (Fsp3) is 0.154. The van der Waals surface area contributed by atoms with Crippen molar-refractivity contribution in [1.29, 1.82) is 0 Å². The van der Waals surface area contributed by atoms with E-state index in [1.165, 1.54) is 11.1 Å². The Morgan fingerprint density at radius 1 is 1.21 bits per heavy atom. The lowest BCUT2D eigenvalue weighted by molar-refractivity contribution is 1.44. The number of hydrogen-bond donors (Lipinski definition) is 0. The van der Waals surface area contributed by atoms with E-state index in [1.807, 2.05) is 6.20 Å². The smallest absolute Gasteiger partial charge is 0.0441 e. The van der Waals surface area contributed by atoms with Crippen LogP contribution in [-0.4, -0.2) is 5.71 Å². The summed E-state index contributed by atoms with van der Waals surface area (Å²) in [5.74, 6) is 0. The molecule has 0 saturated heterocycles. The van der Waals surface area contributed by atoms with E-state index in [-0.39, 0.29) is 0 Å². The second-order valence-corrected chi connectivity index (χ2v) is 3.40. The first kappa shape index (κ1) is 8.95. The van der Waals surface area contributed by atoms with E-state index < -0.39 is 0 Å². The SMILES string of the molecule is Cc1ccccc1/C=C/C1=NC=CC1. The third-order valence-corrected chi connectivity index (χ3v) is 2.32. The van der Waals surface area contributed by atoms with Crippen LogP contribution in [0, 0.1) is 6.92 Å². The predicted octanol–water partition coefficient (Wildman–Crippen LogP) is 3.37. The van der Waals surface area contributed by atoms with Gasteiger partial charge in [-0.15, -0.1) is 0 Å². The van der Waals surface area contributed by atoms with Gasteiger partial charge in [0.05, 0.1) is 0 Å². The molecule has 14 heavy (non-hydrogen) atoms. The second-order valence-electron chi connectivity index (χ2n) is 3.40. The van der Waals surface area contributed by atoms with Crippen LogP contribution < -0.4 is 0 Å². The number of nitrogens with zero attached hydrogens (tertiary/aromatic N) is 1. The van der Waals surface area contributed by atoms with E-state index in [0.717, 1.165) is 12.1 Å². The van der Waals surface area contributed by atoms with E-state index in [4.69, 9.17) is 0 Å². The van der Waals surface area contributed by atoms with Crippen molar-refractivity contribution in [3.05, 3.63) is 53.7 Å². The largest absolute Gasteiger partial charge is 0.261 e. The molecule has 1 heterocycles. The molecular formula is C13H13N. The highest BCUT2D eigenvalue weighted by atomic mass is 14.7. The summed E-state index contributed by atoms with van der Waals surface area (Å²) >= 11 is 0. The van der Waals surface area contributed by atoms with Gasteiger partial charge < -0.3 is 0 Å². The van der Waals surface area contributed by atoms with Crippen LogP contribution in [0.3, 0.4) is 0 Å². The van der Waals surface area contributed by atoms with E-state index in [9.17, 15) is 0 Å². The summed E-state index contributed by atoms with van der Waals surface area (Å²) in [5.41, 5.74) is 3.70. The van der Waals surface area contributed by atoms with Crippen LogP contribution in [-0.2, 0) is 0 Å². The minimum atomic E-state index is 0.961. The third-order valence-electron chi connectivity index (χ3n) is 2.32. The monoisotopic (exact) mass is 183 g/mol. The fourth-order valence-electron chi connectivity index (χ4n) is 1.45. The number of allylic oxidation sites excluding steroid dienone is 2. The van der Waals surface area contributed by atoms with Crippen molar-refractivity contribution in [2.24, 2.45) is 4.99 Å². The van der Waals surface area contributed by atoms with Crippen molar-refractivity contribution in [3.63, 3.8) is 0 Å². The molecule has 1 aliphatic rings. The van der Waals surface area contributed by atoms with Crippen molar-refractivity contribution in [3.8, 4) is 0 Å². The first-order chi connectivity index (χ1) is 6.86. The van der Waals surface area contributed by atoms with Gasteiger partial charge in [-0.3, -0.25) is 4.99 Å². The molecule has 0 fully saturated rings. The minimum Gasteiger partial charge on any atom is -0.261 e. The molecule has 70 valence electrons. The molecule has 0 aromatic heterocycles. The fourth-order valence-corrected chi connectivity index (χ4v) is 1.45. The average molecular weight is 183 g/mol. The number of benzene rings is 1. The molecule has 2 rings (SSSR count). The van der Waals surface area contributed by atoms with Crippen LogP contribution in [0.4, 0.5) is 0 Å². The summed E-state index contributed by atoms with van der Waals surface area (Å²) in [6.07, 6.45) is 9.10. The predicted molar refractivity (Wildman–Crippen MR) is 61.4 cm³/mol. The topological polar surface area (TPSA) is 12.4 Å². The van der Waals surface area contributed by atoms with Crippen LogP contribution in [0.2, 0.25) is 0 Å².